The number of nitrogens with one attached hydrogen (secondary N) is 2. The van der Waals surface area contributed by atoms with Crippen LogP contribution in [0.4, 0.5) is 0 Å². The summed E-state index contributed by atoms with van der Waals surface area (Å²) in [6, 6.07) is 6.40. The number of hydrogen-bond donors (Lipinski definition) is 2. The first-order valence-corrected chi connectivity index (χ1v) is 11.2. The van der Waals surface area contributed by atoms with Gasteiger partial charge in [0.1, 0.15) is 5.75 Å². The van der Waals surface area contributed by atoms with Crippen molar-refractivity contribution in [2.45, 2.75) is 43.4 Å². The highest BCUT2D eigenvalue weighted by atomic mass is 35.5. The van der Waals surface area contributed by atoms with Gasteiger partial charge in [0.05, 0.1) is 11.5 Å². The molecule has 1 saturated heterocycles. The highest BCUT2D eigenvalue weighted by Crippen LogP contribution is 2.16. The molecule has 0 spiro atoms. The van der Waals surface area contributed by atoms with E-state index in [0.717, 1.165) is 38.9 Å². The quantitative estimate of drug-likeness (QED) is 0.570. The van der Waals surface area contributed by atoms with Crippen LogP contribution in [0, 0.1) is 5.92 Å². The molecule has 1 aliphatic heterocycles. The van der Waals surface area contributed by atoms with E-state index in [1.165, 1.54) is 19.1 Å². The largest absolute Gasteiger partial charge is 0.494 e. The number of amides is 1. The maximum absolute atomic E-state index is 11.8. The Morgan fingerprint density at radius 1 is 1.26 bits per heavy atom. The van der Waals surface area contributed by atoms with Crippen molar-refractivity contribution in [3.63, 3.8) is 0 Å². The Bertz CT molecular complexity index is 659. The average Bonchev–Trinajstić information content (AvgIpc) is 2.62. The molecule has 154 valence electrons. The maximum atomic E-state index is 11.8. The molecule has 1 aliphatic rings. The molecule has 1 heterocycles. The molecule has 2 N–H and O–H groups in total. The first-order valence-electron chi connectivity index (χ1n) is 9.35. The first kappa shape index (κ1) is 23.7. The van der Waals surface area contributed by atoms with Gasteiger partial charge in [-0.2, -0.15) is 0 Å². The fraction of sp³-hybridized carbons (Fsp3) is 0.632. The molecular formula is C19H31ClN2O4S. The number of benzene rings is 1. The number of carbonyl (C=O) groups is 1. The van der Waals surface area contributed by atoms with Crippen LogP contribution in [0.1, 0.15) is 38.5 Å². The van der Waals surface area contributed by atoms with E-state index in [9.17, 15) is 13.2 Å². The second-order valence-corrected chi connectivity index (χ2v) is 8.92. The van der Waals surface area contributed by atoms with Crippen LogP contribution in [0.25, 0.3) is 0 Å². The summed E-state index contributed by atoms with van der Waals surface area (Å²) >= 11 is 0. The predicted octanol–water partition coefficient (Wildman–Crippen LogP) is 2.57. The summed E-state index contributed by atoms with van der Waals surface area (Å²) in [6.07, 6.45) is 6.79. The maximum Gasteiger partial charge on any atom is 0.219 e. The first-order chi connectivity index (χ1) is 12.4. The summed E-state index contributed by atoms with van der Waals surface area (Å²) in [6.45, 7) is 3.46. The number of unbranched alkanes of at least 4 members (excludes halogenated alkanes) is 1. The molecule has 1 atom stereocenters. The average molecular weight is 419 g/mol. The van der Waals surface area contributed by atoms with Crippen LogP contribution < -0.4 is 15.4 Å². The molecule has 1 amide bonds. The summed E-state index contributed by atoms with van der Waals surface area (Å²) < 4.78 is 28.4. The van der Waals surface area contributed by atoms with Gasteiger partial charge in [0.2, 0.25) is 5.91 Å². The SMILES string of the molecule is CS(=O)(=O)c1ccc(OCCCCC(=O)NCCC2CCCNC2)cc1.Cl. The van der Waals surface area contributed by atoms with E-state index in [4.69, 9.17) is 4.74 Å². The van der Waals surface area contributed by atoms with E-state index in [-0.39, 0.29) is 23.2 Å². The zero-order valence-electron chi connectivity index (χ0n) is 15.9. The third kappa shape index (κ3) is 9.44. The van der Waals surface area contributed by atoms with Gasteiger partial charge >= 0.3 is 0 Å². The lowest BCUT2D eigenvalue weighted by molar-refractivity contribution is -0.121. The molecular weight excluding hydrogens is 388 g/mol. The van der Waals surface area contributed by atoms with Crippen molar-refractivity contribution in [2.24, 2.45) is 5.92 Å². The third-order valence-electron chi connectivity index (χ3n) is 4.59. The third-order valence-corrected chi connectivity index (χ3v) is 5.72. The van der Waals surface area contributed by atoms with Crippen molar-refractivity contribution in [1.29, 1.82) is 0 Å². The van der Waals surface area contributed by atoms with Crippen LogP contribution >= 0.6 is 12.4 Å². The van der Waals surface area contributed by atoms with Gasteiger partial charge in [0.25, 0.3) is 0 Å². The second-order valence-electron chi connectivity index (χ2n) is 6.90. The smallest absolute Gasteiger partial charge is 0.219 e. The molecule has 0 saturated carbocycles. The second kappa shape index (κ2) is 12.2. The van der Waals surface area contributed by atoms with Crippen LogP contribution in [0.2, 0.25) is 0 Å². The molecule has 6 nitrogen and oxygen atoms in total. The van der Waals surface area contributed by atoms with E-state index < -0.39 is 9.84 Å². The number of sulfone groups is 1. The molecule has 2 rings (SSSR count). The minimum Gasteiger partial charge on any atom is -0.494 e. The lowest BCUT2D eigenvalue weighted by Crippen LogP contribution is -2.33. The van der Waals surface area contributed by atoms with E-state index in [1.807, 2.05) is 0 Å². The molecule has 1 aromatic carbocycles. The highest BCUT2D eigenvalue weighted by Gasteiger charge is 2.12. The van der Waals surface area contributed by atoms with Gasteiger partial charge in [0.15, 0.2) is 9.84 Å². The molecule has 0 bridgehead atoms. The molecule has 0 aromatic heterocycles. The fourth-order valence-electron chi connectivity index (χ4n) is 3.04. The summed E-state index contributed by atoms with van der Waals surface area (Å²) in [5.41, 5.74) is 0. The molecule has 0 aliphatic carbocycles. The summed E-state index contributed by atoms with van der Waals surface area (Å²) in [4.78, 5) is 12.1. The minimum atomic E-state index is -3.18. The number of hydrogen-bond acceptors (Lipinski definition) is 5. The molecule has 8 heteroatoms. The molecule has 1 unspecified atom stereocenters. The highest BCUT2D eigenvalue weighted by molar-refractivity contribution is 7.90. The van der Waals surface area contributed by atoms with Gasteiger partial charge < -0.3 is 15.4 Å². The predicted molar refractivity (Wildman–Crippen MR) is 109 cm³/mol. The van der Waals surface area contributed by atoms with E-state index in [1.54, 1.807) is 24.3 Å². The Morgan fingerprint density at radius 2 is 2.00 bits per heavy atom. The molecule has 0 radical (unpaired) electrons. The van der Waals surface area contributed by atoms with Gasteiger partial charge in [-0.05, 0) is 75.4 Å². The number of halogens is 1. The molecule has 27 heavy (non-hydrogen) atoms. The van der Waals surface area contributed by atoms with Gasteiger partial charge in [-0.1, -0.05) is 0 Å². The molecule has 1 aromatic rings. The van der Waals surface area contributed by atoms with E-state index in [0.29, 0.717) is 24.7 Å². The Balaban J connectivity index is 0.00000364. The Kier molecular flexibility index (Phi) is 10.7. The van der Waals surface area contributed by atoms with Crippen LogP contribution in [-0.2, 0) is 14.6 Å². The Morgan fingerprint density at radius 3 is 2.63 bits per heavy atom. The van der Waals surface area contributed by atoms with E-state index in [2.05, 4.69) is 10.6 Å². The van der Waals surface area contributed by atoms with Crippen molar-refractivity contribution in [2.75, 3.05) is 32.5 Å². The number of carbonyl (C=O) groups excluding carboxylic acids is 1. The van der Waals surface area contributed by atoms with Crippen molar-refractivity contribution in [3.8, 4) is 5.75 Å². The number of piperidine rings is 1. The van der Waals surface area contributed by atoms with Gasteiger partial charge in [-0.3, -0.25) is 4.79 Å². The normalized spacial score (nSPS) is 17.0. The number of rotatable bonds is 10. The Labute approximate surface area is 168 Å². The topological polar surface area (TPSA) is 84.5 Å². The summed E-state index contributed by atoms with van der Waals surface area (Å²) in [7, 11) is -3.18. The van der Waals surface area contributed by atoms with Crippen LogP contribution in [0.3, 0.4) is 0 Å². The van der Waals surface area contributed by atoms with Crippen molar-refractivity contribution in [1.82, 2.24) is 10.6 Å². The summed E-state index contributed by atoms with van der Waals surface area (Å²) in [5.74, 6) is 1.43. The number of ether oxygens (including phenoxy) is 1. The Hall–Kier alpha value is -1.31. The van der Waals surface area contributed by atoms with Gasteiger partial charge in [-0.15, -0.1) is 12.4 Å². The van der Waals surface area contributed by atoms with Crippen LogP contribution in [0.5, 0.6) is 5.75 Å². The van der Waals surface area contributed by atoms with Crippen molar-refractivity contribution >= 4 is 28.2 Å². The van der Waals surface area contributed by atoms with Gasteiger partial charge in [0, 0.05) is 19.2 Å². The lowest BCUT2D eigenvalue weighted by atomic mass is 9.96. The zero-order valence-corrected chi connectivity index (χ0v) is 17.5. The monoisotopic (exact) mass is 418 g/mol. The minimum absolute atomic E-state index is 0. The fourth-order valence-corrected chi connectivity index (χ4v) is 3.67. The lowest BCUT2D eigenvalue weighted by Gasteiger charge is -2.22. The van der Waals surface area contributed by atoms with Crippen LogP contribution in [0.15, 0.2) is 29.2 Å². The van der Waals surface area contributed by atoms with Crippen molar-refractivity contribution < 1.29 is 17.9 Å². The van der Waals surface area contributed by atoms with Gasteiger partial charge in [-0.25, -0.2) is 8.42 Å². The molecule has 1 fully saturated rings. The van der Waals surface area contributed by atoms with E-state index >= 15 is 0 Å². The van der Waals surface area contributed by atoms with Crippen LogP contribution in [-0.4, -0.2) is 46.8 Å². The summed E-state index contributed by atoms with van der Waals surface area (Å²) in [5, 5.41) is 6.38. The standard InChI is InChI=1S/C19H30N2O4S.ClH/c1-26(23,24)18-9-7-17(8-10-18)25-14-3-2-6-19(22)21-13-11-16-5-4-12-20-15-16;/h7-10,16,20H,2-6,11-15H2,1H3,(H,21,22);1H. The van der Waals surface area contributed by atoms with Crippen molar-refractivity contribution in [3.05, 3.63) is 24.3 Å². The zero-order chi connectivity index (χ0) is 18.8.